The van der Waals surface area contributed by atoms with E-state index in [0.29, 0.717) is 23.5 Å². The highest BCUT2D eigenvalue weighted by Gasteiger charge is 2.36. The quantitative estimate of drug-likeness (QED) is 0.812. The number of nitrogens with zero attached hydrogens (tertiary/aromatic N) is 2. The molecule has 0 bridgehead atoms. The number of ether oxygens (including phenoxy) is 1. The van der Waals surface area contributed by atoms with E-state index in [2.05, 4.69) is 4.98 Å². The molecule has 0 unspecified atom stereocenters. The van der Waals surface area contributed by atoms with Crippen molar-refractivity contribution in [3.05, 3.63) is 39.8 Å². The Hall–Kier alpha value is -2.21. The Bertz CT molecular complexity index is 708. The molecule has 1 aromatic carbocycles. The van der Waals surface area contributed by atoms with Crippen LogP contribution in [-0.4, -0.2) is 23.8 Å². The zero-order valence-electron chi connectivity index (χ0n) is 11.0. The van der Waals surface area contributed by atoms with Gasteiger partial charge < -0.3 is 4.74 Å². The number of anilines is 1. The van der Waals surface area contributed by atoms with Crippen LogP contribution in [0, 0.1) is 6.92 Å². The standard InChI is InChI=1S/C14H12N2O3S/c1-8-7-20-12(15-8)6-16-11-4-3-9(19-2)5-10(11)13(17)14(16)18/h3-5,7H,6H2,1-2H3. The first kappa shape index (κ1) is 12.8. The van der Waals surface area contributed by atoms with Gasteiger partial charge in [0, 0.05) is 11.1 Å². The van der Waals surface area contributed by atoms with Crippen molar-refractivity contribution in [1.82, 2.24) is 4.98 Å². The van der Waals surface area contributed by atoms with Crippen LogP contribution in [0.2, 0.25) is 0 Å². The fourth-order valence-corrected chi connectivity index (χ4v) is 2.93. The Kier molecular flexibility index (Phi) is 3.02. The number of carbonyl (C=O) groups is 2. The number of hydrogen-bond donors (Lipinski definition) is 0. The zero-order valence-corrected chi connectivity index (χ0v) is 11.9. The fourth-order valence-electron chi connectivity index (χ4n) is 2.17. The van der Waals surface area contributed by atoms with Crippen LogP contribution in [0.3, 0.4) is 0 Å². The minimum Gasteiger partial charge on any atom is -0.497 e. The van der Waals surface area contributed by atoms with Gasteiger partial charge in [-0.15, -0.1) is 11.3 Å². The molecule has 0 aliphatic carbocycles. The monoisotopic (exact) mass is 288 g/mol. The predicted octanol–water partition coefficient (Wildman–Crippen LogP) is 2.19. The molecule has 1 aliphatic heterocycles. The van der Waals surface area contributed by atoms with Crippen molar-refractivity contribution >= 4 is 28.7 Å². The Balaban J connectivity index is 1.98. The highest BCUT2D eigenvalue weighted by molar-refractivity contribution is 7.09. The lowest BCUT2D eigenvalue weighted by Gasteiger charge is -2.14. The van der Waals surface area contributed by atoms with Crippen molar-refractivity contribution in [3.8, 4) is 5.75 Å². The van der Waals surface area contributed by atoms with Gasteiger partial charge in [-0.3, -0.25) is 14.5 Å². The summed E-state index contributed by atoms with van der Waals surface area (Å²) in [5.41, 5.74) is 1.93. The van der Waals surface area contributed by atoms with E-state index >= 15 is 0 Å². The molecule has 0 spiro atoms. The van der Waals surface area contributed by atoms with Gasteiger partial charge in [0.2, 0.25) is 0 Å². The van der Waals surface area contributed by atoms with Gasteiger partial charge in [0.25, 0.3) is 11.7 Å². The summed E-state index contributed by atoms with van der Waals surface area (Å²) in [6.45, 7) is 2.22. The Labute approximate surface area is 119 Å². The van der Waals surface area contributed by atoms with E-state index in [1.165, 1.54) is 23.3 Å². The number of Topliss-reactive ketones (excluding diaryl/α,β-unsaturated/α-hetero) is 1. The lowest BCUT2D eigenvalue weighted by atomic mass is 10.1. The smallest absolute Gasteiger partial charge is 0.299 e. The Morgan fingerprint density at radius 1 is 1.35 bits per heavy atom. The average Bonchev–Trinajstić information content (AvgIpc) is 2.96. The maximum atomic E-state index is 12.1. The number of rotatable bonds is 3. The topological polar surface area (TPSA) is 59.5 Å². The molecule has 1 aliphatic rings. The van der Waals surface area contributed by atoms with E-state index in [1.54, 1.807) is 18.2 Å². The average molecular weight is 288 g/mol. The molecular weight excluding hydrogens is 276 g/mol. The number of aryl methyl sites for hydroxylation is 1. The largest absolute Gasteiger partial charge is 0.497 e. The number of thiazole rings is 1. The summed E-state index contributed by atoms with van der Waals surface area (Å²) in [5.74, 6) is -0.440. The van der Waals surface area contributed by atoms with Crippen LogP contribution in [0.1, 0.15) is 21.1 Å². The van der Waals surface area contributed by atoms with Gasteiger partial charge in [-0.2, -0.15) is 0 Å². The van der Waals surface area contributed by atoms with Gasteiger partial charge in [-0.05, 0) is 25.1 Å². The molecule has 2 aromatic rings. The second-order valence-electron chi connectivity index (χ2n) is 4.49. The second kappa shape index (κ2) is 4.72. The van der Waals surface area contributed by atoms with Crippen molar-refractivity contribution in [2.45, 2.75) is 13.5 Å². The summed E-state index contributed by atoms with van der Waals surface area (Å²) in [4.78, 5) is 29.9. The summed E-state index contributed by atoms with van der Waals surface area (Å²) in [6.07, 6.45) is 0. The minimum atomic E-state index is -0.513. The highest BCUT2D eigenvalue weighted by atomic mass is 32.1. The third kappa shape index (κ3) is 1.98. The molecule has 1 aromatic heterocycles. The van der Waals surface area contributed by atoms with Crippen LogP contribution in [0.15, 0.2) is 23.6 Å². The number of carbonyl (C=O) groups excluding carboxylic acids is 2. The van der Waals surface area contributed by atoms with Crippen LogP contribution >= 0.6 is 11.3 Å². The molecule has 20 heavy (non-hydrogen) atoms. The number of hydrogen-bond acceptors (Lipinski definition) is 5. The first-order valence-corrected chi connectivity index (χ1v) is 6.93. The van der Waals surface area contributed by atoms with Crippen molar-refractivity contribution < 1.29 is 14.3 Å². The predicted molar refractivity (Wildman–Crippen MR) is 75.4 cm³/mol. The molecule has 0 radical (unpaired) electrons. The number of benzene rings is 1. The third-order valence-corrected chi connectivity index (χ3v) is 4.09. The van der Waals surface area contributed by atoms with Gasteiger partial charge in [0.15, 0.2) is 0 Å². The van der Waals surface area contributed by atoms with Crippen LogP contribution < -0.4 is 9.64 Å². The van der Waals surface area contributed by atoms with Crippen LogP contribution in [0.4, 0.5) is 5.69 Å². The molecule has 0 N–H and O–H groups in total. The molecule has 102 valence electrons. The number of amides is 1. The number of ketones is 1. The molecule has 0 saturated carbocycles. The summed E-state index contributed by atoms with van der Waals surface area (Å²) in [6, 6.07) is 5.07. The van der Waals surface area contributed by atoms with Crippen molar-refractivity contribution in [2.75, 3.05) is 12.0 Å². The number of aromatic nitrogens is 1. The fraction of sp³-hybridized carbons (Fsp3) is 0.214. The highest BCUT2D eigenvalue weighted by Crippen LogP contribution is 2.33. The molecular formula is C14H12N2O3S. The third-order valence-electron chi connectivity index (χ3n) is 3.14. The zero-order chi connectivity index (χ0) is 14.3. The molecule has 6 heteroatoms. The molecule has 0 fully saturated rings. The maximum absolute atomic E-state index is 12.1. The van der Waals surface area contributed by atoms with E-state index in [4.69, 9.17) is 4.74 Å². The number of methoxy groups -OCH3 is 1. The lowest BCUT2D eigenvalue weighted by molar-refractivity contribution is -0.114. The van der Waals surface area contributed by atoms with Gasteiger partial charge in [0.05, 0.1) is 24.9 Å². The first-order valence-electron chi connectivity index (χ1n) is 6.05. The summed E-state index contributed by atoms with van der Waals surface area (Å²) in [5, 5.41) is 2.74. The van der Waals surface area contributed by atoms with Crippen LogP contribution in [0.25, 0.3) is 0 Å². The number of fused-ring (bicyclic) bond motifs is 1. The van der Waals surface area contributed by atoms with Crippen molar-refractivity contribution in [3.63, 3.8) is 0 Å². The normalized spacial score (nSPS) is 13.8. The molecule has 5 nitrogen and oxygen atoms in total. The minimum absolute atomic E-state index is 0.322. The summed E-state index contributed by atoms with van der Waals surface area (Å²) < 4.78 is 5.09. The van der Waals surface area contributed by atoms with E-state index < -0.39 is 11.7 Å². The molecule has 2 heterocycles. The lowest BCUT2D eigenvalue weighted by Crippen LogP contribution is -2.29. The molecule has 0 atom stereocenters. The first-order chi connectivity index (χ1) is 9.60. The Morgan fingerprint density at radius 3 is 2.80 bits per heavy atom. The van der Waals surface area contributed by atoms with E-state index in [-0.39, 0.29) is 0 Å². The SMILES string of the molecule is COc1ccc2c(c1)C(=O)C(=O)N2Cc1nc(C)cs1. The van der Waals surface area contributed by atoms with E-state index in [0.717, 1.165) is 10.7 Å². The molecule has 0 saturated heterocycles. The Morgan fingerprint density at radius 2 is 2.15 bits per heavy atom. The van der Waals surface area contributed by atoms with Gasteiger partial charge in [0.1, 0.15) is 10.8 Å². The van der Waals surface area contributed by atoms with Gasteiger partial charge in [-0.25, -0.2) is 4.98 Å². The van der Waals surface area contributed by atoms with E-state index in [9.17, 15) is 9.59 Å². The molecule has 3 rings (SSSR count). The van der Waals surface area contributed by atoms with Crippen LogP contribution in [0.5, 0.6) is 5.75 Å². The maximum Gasteiger partial charge on any atom is 0.299 e. The molecule has 1 amide bonds. The van der Waals surface area contributed by atoms with E-state index in [1.807, 2.05) is 12.3 Å². The van der Waals surface area contributed by atoms with Crippen molar-refractivity contribution in [2.24, 2.45) is 0 Å². The van der Waals surface area contributed by atoms with Gasteiger partial charge >= 0.3 is 0 Å². The van der Waals surface area contributed by atoms with Crippen LogP contribution in [-0.2, 0) is 11.3 Å². The summed E-state index contributed by atoms with van der Waals surface area (Å²) in [7, 11) is 1.53. The van der Waals surface area contributed by atoms with Gasteiger partial charge in [-0.1, -0.05) is 0 Å². The van der Waals surface area contributed by atoms with Crippen molar-refractivity contribution in [1.29, 1.82) is 0 Å². The summed E-state index contributed by atoms with van der Waals surface area (Å²) >= 11 is 1.48. The second-order valence-corrected chi connectivity index (χ2v) is 5.43.